The van der Waals surface area contributed by atoms with Crippen LogP contribution in [0.3, 0.4) is 0 Å². The number of fused-ring (bicyclic) bond motifs is 1. The number of aliphatic hydroxyl groups is 1. The molecular formula is C27H26ClFN2O6. The Balaban J connectivity index is 1.57. The van der Waals surface area contributed by atoms with Gasteiger partial charge < -0.3 is 24.6 Å². The summed E-state index contributed by atoms with van der Waals surface area (Å²) in [6.07, 6.45) is 0. The number of hydrogen-bond acceptors (Lipinski definition) is 7. The molecule has 0 unspecified atom stereocenters. The first-order chi connectivity index (χ1) is 17.6. The minimum absolute atomic E-state index is 0.0718. The highest BCUT2D eigenvalue weighted by Crippen LogP contribution is 2.44. The standard InChI is InChI=1S/C27H26ClFN2O6/c1-27(2)14-37-25-17(27)12-20(31-24(25)15-4-6-19(29)18(28)10-15)21(33)13-30-26(34)16-5-7-22(36-9-8-32)23(11-16)35-3/h4-7,10-12,32H,8-9,13-14H2,1-3H3,(H,30,34). The van der Waals surface area contributed by atoms with Crippen LogP contribution in [0.2, 0.25) is 5.02 Å². The zero-order valence-corrected chi connectivity index (χ0v) is 21.3. The van der Waals surface area contributed by atoms with E-state index in [9.17, 15) is 14.0 Å². The monoisotopic (exact) mass is 528 g/mol. The maximum Gasteiger partial charge on any atom is 0.251 e. The van der Waals surface area contributed by atoms with Crippen molar-refractivity contribution in [2.75, 3.05) is 33.5 Å². The summed E-state index contributed by atoms with van der Waals surface area (Å²) >= 11 is 5.99. The van der Waals surface area contributed by atoms with Crippen LogP contribution in [0.25, 0.3) is 11.3 Å². The van der Waals surface area contributed by atoms with Crippen molar-refractivity contribution >= 4 is 23.3 Å². The van der Waals surface area contributed by atoms with Crippen LogP contribution in [0.15, 0.2) is 42.5 Å². The Morgan fingerprint density at radius 3 is 2.68 bits per heavy atom. The number of aromatic nitrogens is 1. The molecule has 194 valence electrons. The number of ketones is 1. The number of benzene rings is 2. The predicted molar refractivity (Wildman–Crippen MR) is 135 cm³/mol. The molecule has 1 aliphatic heterocycles. The summed E-state index contributed by atoms with van der Waals surface area (Å²) in [7, 11) is 1.43. The third-order valence-electron chi connectivity index (χ3n) is 5.94. The molecule has 0 atom stereocenters. The van der Waals surface area contributed by atoms with E-state index in [0.29, 0.717) is 35.1 Å². The Morgan fingerprint density at radius 2 is 1.97 bits per heavy atom. The van der Waals surface area contributed by atoms with Gasteiger partial charge in [-0.2, -0.15) is 0 Å². The van der Waals surface area contributed by atoms with E-state index in [-0.39, 0.29) is 41.5 Å². The Morgan fingerprint density at radius 1 is 1.19 bits per heavy atom. The molecule has 1 aromatic heterocycles. The van der Waals surface area contributed by atoms with Gasteiger partial charge in [0.1, 0.15) is 29.6 Å². The fourth-order valence-corrected chi connectivity index (χ4v) is 4.11. The maximum absolute atomic E-state index is 13.8. The van der Waals surface area contributed by atoms with Crippen molar-refractivity contribution in [3.05, 3.63) is 70.1 Å². The number of halogens is 2. The molecule has 10 heteroatoms. The number of Topliss-reactive ketones (excluding diaryl/α,β-unsaturated/α-hetero) is 1. The predicted octanol–water partition coefficient (Wildman–Crippen LogP) is 4.20. The summed E-state index contributed by atoms with van der Waals surface area (Å²) in [5.74, 6) is -0.257. The summed E-state index contributed by atoms with van der Waals surface area (Å²) in [6.45, 7) is 3.97. The second kappa shape index (κ2) is 10.7. The average molecular weight is 529 g/mol. The van der Waals surface area contributed by atoms with E-state index >= 15 is 0 Å². The molecule has 37 heavy (non-hydrogen) atoms. The topological polar surface area (TPSA) is 107 Å². The molecule has 2 aromatic carbocycles. The van der Waals surface area contributed by atoms with Gasteiger partial charge in [0.2, 0.25) is 0 Å². The third-order valence-corrected chi connectivity index (χ3v) is 6.23. The van der Waals surface area contributed by atoms with Crippen molar-refractivity contribution in [2.24, 2.45) is 0 Å². The van der Waals surface area contributed by atoms with E-state index in [1.165, 1.54) is 37.4 Å². The first-order valence-electron chi connectivity index (χ1n) is 11.5. The summed E-state index contributed by atoms with van der Waals surface area (Å²) in [5, 5.41) is 11.5. The zero-order chi connectivity index (χ0) is 26.7. The Labute approximate surface area is 218 Å². The highest BCUT2D eigenvalue weighted by Gasteiger charge is 2.36. The molecule has 0 saturated heterocycles. The first kappa shape index (κ1) is 26.4. The number of nitrogens with one attached hydrogen (secondary N) is 1. The summed E-state index contributed by atoms with van der Waals surface area (Å²) in [4.78, 5) is 30.4. The Kier molecular flexibility index (Phi) is 7.65. The van der Waals surface area contributed by atoms with Gasteiger partial charge in [-0.15, -0.1) is 0 Å². The van der Waals surface area contributed by atoms with Crippen LogP contribution in [0.1, 0.15) is 40.3 Å². The summed E-state index contributed by atoms with van der Waals surface area (Å²) < 4.78 is 30.3. The van der Waals surface area contributed by atoms with Crippen molar-refractivity contribution in [3.8, 4) is 28.5 Å². The van der Waals surface area contributed by atoms with Crippen LogP contribution in [0, 0.1) is 5.82 Å². The van der Waals surface area contributed by atoms with Crippen LogP contribution in [-0.4, -0.2) is 55.3 Å². The fourth-order valence-electron chi connectivity index (χ4n) is 3.93. The number of amides is 1. The SMILES string of the molecule is COc1cc(C(=O)NCC(=O)c2cc3c(c(-c4ccc(F)c(Cl)c4)n2)OCC3(C)C)ccc1OCCO. The van der Waals surface area contributed by atoms with Gasteiger partial charge in [-0.3, -0.25) is 9.59 Å². The van der Waals surface area contributed by atoms with Crippen LogP contribution in [-0.2, 0) is 5.41 Å². The molecule has 2 heterocycles. The van der Waals surface area contributed by atoms with Gasteiger partial charge in [0.05, 0.1) is 31.9 Å². The minimum Gasteiger partial charge on any atom is -0.493 e. The Hall–Kier alpha value is -3.69. The second-order valence-corrected chi connectivity index (χ2v) is 9.48. The van der Waals surface area contributed by atoms with Gasteiger partial charge in [0.25, 0.3) is 5.91 Å². The van der Waals surface area contributed by atoms with E-state index in [4.69, 9.17) is 30.9 Å². The fraction of sp³-hybridized carbons (Fsp3) is 0.296. The lowest BCUT2D eigenvalue weighted by Crippen LogP contribution is -2.30. The lowest BCUT2D eigenvalue weighted by Gasteiger charge is -2.17. The molecule has 3 aromatic rings. The van der Waals surface area contributed by atoms with E-state index in [0.717, 1.165) is 5.56 Å². The van der Waals surface area contributed by atoms with E-state index < -0.39 is 17.5 Å². The normalized spacial score (nSPS) is 13.5. The molecular weight excluding hydrogens is 503 g/mol. The van der Waals surface area contributed by atoms with Crippen molar-refractivity contribution in [1.82, 2.24) is 10.3 Å². The first-order valence-corrected chi connectivity index (χ1v) is 11.9. The largest absolute Gasteiger partial charge is 0.493 e. The second-order valence-electron chi connectivity index (χ2n) is 9.08. The van der Waals surface area contributed by atoms with E-state index in [1.807, 2.05) is 13.8 Å². The van der Waals surface area contributed by atoms with Crippen LogP contribution < -0.4 is 19.5 Å². The van der Waals surface area contributed by atoms with E-state index in [1.54, 1.807) is 12.1 Å². The van der Waals surface area contributed by atoms with Gasteiger partial charge in [-0.25, -0.2) is 9.37 Å². The molecule has 1 amide bonds. The van der Waals surface area contributed by atoms with Gasteiger partial charge in [0, 0.05) is 22.1 Å². The highest BCUT2D eigenvalue weighted by molar-refractivity contribution is 6.31. The smallest absolute Gasteiger partial charge is 0.251 e. The molecule has 8 nitrogen and oxygen atoms in total. The highest BCUT2D eigenvalue weighted by atomic mass is 35.5. The number of carbonyl (C=O) groups is 2. The van der Waals surface area contributed by atoms with Gasteiger partial charge in [-0.05, 0) is 42.5 Å². The quantitative estimate of drug-likeness (QED) is 0.401. The minimum atomic E-state index is -0.567. The average Bonchev–Trinajstić information content (AvgIpc) is 3.21. The third kappa shape index (κ3) is 5.52. The van der Waals surface area contributed by atoms with Crippen LogP contribution >= 0.6 is 11.6 Å². The molecule has 0 radical (unpaired) electrons. The summed E-state index contributed by atoms with van der Waals surface area (Å²) in [5.41, 5.74) is 1.69. The van der Waals surface area contributed by atoms with Crippen molar-refractivity contribution < 1.29 is 33.3 Å². The molecule has 0 saturated carbocycles. The molecule has 2 N–H and O–H groups in total. The number of nitrogens with zero attached hydrogens (tertiary/aromatic N) is 1. The number of aliphatic hydroxyl groups excluding tert-OH is 1. The Bertz CT molecular complexity index is 1360. The molecule has 0 aliphatic carbocycles. The molecule has 0 fully saturated rings. The van der Waals surface area contributed by atoms with Crippen molar-refractivity contribution in [1.29, 1.82) is 0 Å². The number of ether oxygens (including phenoxy) is 3. The molecule has 4 rings (SSSR count). The molecule has 0 bridgehead atoms. The van der Waals surface area contributed by atoms with E-state index in [2.05, 4.69) is 10.3 Å². The van der Waals surface area contributed by atoms with Gasteiger partial charge in [0.15, 0.2) is 17.3 Å². The van der Waals surface area contributed by atoms with Crippen molar-refractivity contribution in [3.63, 3.8) is 0 Å². The van der Waals surface area contributed by atoms with Crippen LogP contribution in [0.5, 0.6) is 17.2 Å². The zero-order valence-electron chi connectivity index (χ0n) is 20.6. The lowest BCUT2D eigenvalue weighted by molar-refractivity contribution is 0.0902. The van der Waals surface area contributed by atoms with Crippen LogP contribution in [0.4, 0.5) is 4.39 Å². The molecule has 1 aliphatic rings. The maximum atomic E-state index is 13.8. The molecule has 0 spiro atoms. The number of methoxy groups -OCH3 is 1. The van der Waals surface area contributed by atoms with Gasteiger partial charge in [-0.1, -0.05) is 25.4 Å². The van der Waals surface area contributed by atoms with Gasteiger partial charge >= 0.3 is 0 Å². The van der Waals surface area contributed by atoms with Crippen molar-refractivity contribution in [2.45, 2.75) is 19.3 Å². The number of carbonyl (C=O) groups excluding carboxylic acids is 2. The number of rotatable bonds is 9. The lowest BCUT2D eigenvalue weighted by atomic mass is 9.86. The number of pyridine rings is 1. The summed E-state index contributed by atoms with van der Waals surface area (Å²) in [6, 6.07) is 10.4. The number of hydrogen-bond donors (Lipinski definition) is 2.